The van der Waals surface area contributed by atoms with Crippen LogP contribution in [0.5, 0.6) is 0 Å². The molecule has 6 nitrogen and oxygen atoms in total. The SMILES string of the molecule is Cc1ccc2c(c1)c1ccccc1n2-c1c(-c2cccc(-c3ccccc3)n2)cc(-c2cccc(-c3ccccc3)n2)c(-n2c3ccccc3c3cc(C)ccc32)c1-n1c2ccc(-c3ccccc3)cc2c2cc(-c3cccc(-c4ccccc4)n3)ccc21. The summed E-state index contributed by atoms with van der Waals surface area (Å²) in [5.74, 6) is 0. The number of benzene rings is 11. The second-order valence-corrected chi connectivity index (χ2v) is 23.3. The van der Waals surface area contributed by atoms with E-state index in [1.165, 1.54) is 21.9 Å². The molecule has 0 spiro atoms. The van der Waals surface area contributed by atoms with E-state index < -0.39 is 0 Å². The van der Waals surface area contributed by atoms with Crippen LogP contribution in [0.1, 0.15) is 11.1 Å². The number of hydrogen-bond acceptors (Lipinski definition) is 3. The minimum absolute atomic E-state index is 0.823. The number of fused-ring (bicyclic) bond motifs is 9. The first-order chi connectivity index (χ1) is 44.0. The third-order valence-electron chi connectivity index (χ3n) is 17.8. The van der Waals surface area contributed by atoms with E-state index >= 15 is 0 Å². The van der Waals surface area contributed by atoms with E-state index in [0.29, 0.717) is 0 Å². The second-order valence-electron chi connectivity index (χ2n) is 23.3. The van der Waals surface area contributed by atoms with Gasteiger partial charge in [-0.1, -0.05) is 211 Å². The predicted octanol–water partition coefficient (Wildman–Crippen LogP) is 21.4. The first-order valence-corrected chi connectivity index (χ1v) is 30.4. The molecule has 0 bridgehead atoms. The molecule has 0 N–H and O–H groups in total. The van der Waals surface area contributed by atoms with Crippen LogP contribution >= 0.6 is 0 Å². The van der Waals surface area contributed by atoms with Gasteiger partial charge in [0.2, 0.25) is 0 Å². The van der Waals surface area contributed by atoms with Gasteiger partial charge in [0.05, 0.1) is 84.3 Å². The first kappa shape index (κ1) is 51.7. The van der Waals surface area contributed by atoms with E-state index in [1.54, 1.807) is 0 Å². The van der Waals surface area contributed by atoms with Crippen molar-refractivity contribution in [1.29, 1.82) is 0 Å². The van der Waals surface area contributed by atoms with E-state index in [-0.39, 0.29) is 0 Å². The maximum Gasteiger partial charge on any atom is 0.0961 e. The third-order valence-corrected chi connectivity index (χ3v) is 17.8. The van der Waals surface area contributed by atoms with Crippen molar-refractivity contribution in [3.05, 3.63) is 314 Å². The summed E-state index contributed by atoms with van der Waals surface area (Å²) in [6, 6.07) is 110. The smallest absolute Gasteiger partial charge is 0.0961 e. The van der Waals surface area contributed by atoms with Gasteiger partial charge in [0.1, 0.15) is 0 Å². The molecule has 6 heteroatoms. The molecule has 0 aliphatic heterocycles. The summed E-state index contributed by atoms with van der Waals surface area (Å²) < 4.78 is 7.64. The molecule has 0 saturated carbocycles. The van der Waals surface area contributed by atoms with Crippen LogP contribution in [-0.4, -0.2) is 28.7 Å². The zero-order valence-electron chi connectivity index (χ0n) is 49.1. The quantitative estimate of drug-likeness (QED) is 0.137. The molecule has 0 unspecified atom stereocenters. The molecule has 0 radical (unpaired) electrons. The second kappa shape index (κ2) is 21.1. The van der Waals surface area contributed by atoms with Crippen molar-refractivity contribution in [1.82, 2.24) is 28.7 Å². The van der Waals surface area contributed by atoms with E-state index in [0.717, 1.165) is 150 Å². The van der Waals surface area contributed by atoms with Crippen molar-refractivity contribution in [2.24, 2.45) is 0 Å². The fourth-order valence-corrected chi connectivity index (χ4v) is 13.7. The Morgan fingerprint density at radius 2 is 0.517 bits per heavy atom. The minimum atomic E-state index is 0.823. The molecule has 6 heterocycles. The number of aryl methyl sites for hydroxylation is 2. The molecule has 0 fully saturated rings. The Labute approximate surface area is 515 Å². The molecular weight excluding hydrogens is 1080 g/mol. The van der Waals surface area contributed by atoms with Gasteiger partial charge in [0, 0.05) is 65.7 Å². The molecule has 17 rings (SSSR count). The van der Waals surface area contributed by atoms with Gasteiger partial charge in [-0.15, -0.1) is 0 Å². The number of para-hydroxylation sites is 2. The first-order valence-electron chi connectivity index (χ1n) is 30.4. The molecule has 89 heavy (non-hydrogen) atoms. The normalized spacial score (nSPS) is 11.7. The predicted molar refractivity (Wildman–Crippen MR) is 370 cm³/mol. The maximum atomic E-state index is 5.77. The zero-order chi connectivity index (χ0) is 59.1. The molecule has 6 aromatic heterocycles. The number of aromatic nitrogens is 6. The summed E-state index contributed by atoms with van der Waals surface area (Å²) in [5.41, 5.74) is 25.2. The molecule has 418 valence electrons. The Morgan fingerprint density at radius 1 is 0.202 bits per heavy atom. The van der Waals surface area contributed by atoms with Crippen LogP contribution in [0.3, 0.4) is 0 Å². The third kappa shape index (κ3) is 8.67. The van der Waals surface area contributed by atoms with E-state index in [4.69, 9.17) is 15.0 Å². The Balaban J connectivity index is 1.11. The van der Waals surface area contributed by atoms with Crippen molar-refractivity contribution in [2.45, 2.75) is 13.8 Å². The number of pyridine rings is 3. The van der Waals surface area contributed by atoms with Crippen molar-refractivity contribution < 1.29 is 0 Å². The largest absolute Gasteiger partial charge is 0.306 e. The van der Waals surface area contributed by atoms with Crippen LogP contribution in [0, 0.1) is 13.8 Å². The summed E-state index contributed by atoms with van der Waals surface area (Å²) in [4.78, 5) is 16.9. The highest BCUT2D eigenvalue weighted by atomic mass is 15.1. The minimum Gasteiger partial charge on any atom is -0.306 e. The van der Waals surface area contributed by atoms with Gasteiger partial charge < -0.3 is 13.7 Å². The van der Waals surface area contributed by atoms with Crippen molar-refractivity contribution in [2.75, 3.05) is 0 Å². The molecule has 0 saturated heterocycles. The summed E-state index contributed by atoms with van der Waals surface area (Å²) in [6.45, 7) is 4.39. The molecular formula is C83H56N6. The highest BCUT2D eigenvalue weighted by Crippen LogP contribution is 2.51. The van der Waals surface area contributed by atoms with Gasteiger partial charge in [0.25, 0.3) is 0 Å². The average Bonchev–Trinajstić information content (AvgIpc) is 1.60. The summed E-state index contributed by atoms with van der Waals surface area (Å²) >= 11 is 0. The van der Waals surface area contributed by atoms with Gasteiger partial charge in [-0.3, -0.25) is 0 Å². The maximum absolute atomic E-state index is 5.77. The lowest BCUT2D eigenvalue weighted by Gasteiger charge is -2.27. The van der Waals surface area contributed by atoms with Crippen LogP contribution < -0.4 is 0 Å². The average molecular weight is 1140 g/mol. The monoisotopic (exact) mass is 1140 g/mol. The number of hydrogen-bond donors (Lipinski definition) is 0. The van der Waals surface area contributed by atoms with Crippen LogP contribution in [0.15, 0.2) is 303 Å². The molecule has 0 atom stereocenters. The summed E-state index contributed by atoms with van der Waals surface area (Å²) in [7, 11) is 0. The fourth-order valence-electron chi connectivity index (χ4n) is 13.7. The van der Waals surface area contributed by atoms with Crippen LogP contribution in [0.2, 0.25) is 0 Å². The van der Waals surface area contributed by atoms with E-state index in [2.05, 4.69) is 331 Å². The molecule has 17 aromatic rings. The van der Waals surface area contributed by atoms with Crippen LogP contribution in [-0.2, 0) is 0 Å². The Bertz CT molecular complexity index is 5400. The fraction of sp³-hybridized carbons (Fsp3) is 0.0241. The number of rotatable bonds is 10. The highest BCUT2D eigenvalue weighted by molar-refractivity contribution is 6.16. The van der Waals surface area contributed by atoms with Gasteiger partial charge >= 0.3 is 0 Å². The Morgan fingerprint density at radius 3 is 0.966 bits per heavy atom. The zero-order valence-corrected chi connectivity index (χ0v) is 49.1. The van der Waals surface area contributed by atoms with Crippen LogP contribution in [0.4, 0.5) is 0 Å². The van der Waals surface area contributed by atoms with E-state index in [9.17, 15) is 0 Å². The Kier molecular flexibility index (Phi) is 12.2. The lowest BCUT2D eigenvalue weighted by Crippen LogP contribution is -2.13. The van der Waals surface area contributed by atoms with Gasteiger partial charge in [-0.05, 0) is 128 Å². The topological polar surface area (TPSA) is 53.5 Å². The standard InChI is InChI=1S/C83H56N6/c1-53-40-44-77-63(48-53)61-30-15-17-38-75(61)87(77)81-67(73-36-20-33-70(85-73)57-26-11-5-12-27-57)52-68(74-37-21-34-71(86-74)58-28-13-6-14-29-58)82(88-76-39-18-16-31-62(76)64-49-54(2)41-45-78(64)88)83(81)89-79-46-42-59(55-22-7-3-8-23-55)50-65(79)66-51-60(43-47-80(66)89)72-35-19-32-69(84-72)56-24-9-4-10-25-56/h3-52H,1-2H3. The molecule has 0 aliphatic carbocycles. The van der Waals surface area contributed by atoms with Gasteiger partial charge in [0.15, 0.2) is 0 Å². The van der Waals surface area contributed by atoms with Crippen molar-refractivity contribution in [3.8, 4) is 95.7 Å². The molecule has 11 aromatic carbocycles. The van der Waals surface area contributed by atoms with E-state index in [1.807, 2.05) is 0 Å². The molecule has 0 amide bonds. The summed E-state index contributed by atoms with van der Waals surface area (Å²) in [5, 5.41) is 6.86. The molecule has 0 aliphatic rings. The van der Waals surface area contributed by atoms with Gasteiger partial charge in [-0.2, -0.15) is 0 Å². The Hall–Kier alpha value is -11.7. The lowest BCUT2D eigenvalue weighted by atomic mass is 9.96. The van der Waals surface area contributed by atoms with Gasteiger partial charge in [-0.25, -0.2) is 15.0 Å². The van der Waals surface area contributed by atoms with Crippen molar-refractivity contribution >= 4 is 65.4 Å². The lowest BCUT2D eigenvalue weighted by molar-refractivity contribution is 1.05. The van der Waals surface area contributed by atoms with Crippen molar-refractivity contribution in [3.63, 3.8) is 0 Å². The number of nitrogens with zero attached hydrogens (tertiary/aromatic N) is 6. The summed E-state index contributed by atoms with van der Waals surface area (Å²) in [6.07, 6.45) is 0. The van der Waals surface area contributed by atoms with Crippen LogP contribution in [0.25, 0.3) is 161 Å². The highest BCUT2D eigenvalue weighted by Gasteiger charge is 2.32.